The maximum absolute atomic E-state index is 13.5. The van der Waals surface area contributed by atoms with Crippen molar-refractivity contribution >= 4 is 11.6 Å². The minimum absolute atomic E-state index is 0.151. The summed E-state index contributed by atoms with van der Waals surface area (Å²) in [7, 11) is 1.66. The molecule has 3 aromatic rings. The van der Waals surface area contributed by atoms with E-state index in [0.717, 1.165) is 54.3 Å². The number of nitrogens with zero attached hydrogens (tertiary/aromatic N) is 4. The van der Waals surface area contributed by atoms with Gasteiger partial charge in [-0.1, -0.05) is 54.6 Å². The van der Waals surface area contributed by atoms with Gasteiger partial charge < -0.3 is 14.5 Å². The summed E-state index contributed by atoms with van der Waals surface area (Å²) in [4.78, 5) is 19.9. The Kier molecular flexibility index (Phi) is 8.24. The largest absolute Gasteiger partial charge is 0.496 e. The van der Waals surface area contributed by atoms with Crippen LogP contribution in [0.5, 0.6) is 5.75 Å². The van der Waals surface area contributed by atoms with Gasteiger partial charge in [0.15, 0.2) is 0 Å². The average molecular weight is 483 g/mol. The third-order valence-electron chi connectivity index (χ3n) is 6.98. The van der Waals surface area contributed by atoms with Crippen LogP contribution >= 0.6 is 0 Å². The number of carbonyl (C=O) groups excluding carboxylic acids is 1. The van der Waals surface area contributed by atoms with Crippen LogP contribution < -0.4 is 9.64 Å². The lowest BCUT2D eigenvalue weighted by Gasteiger charge is -2.41. The maximum atomic E-state index is 13.5. The second-order valence-electron chi connectivity index (χ2n) is 8.89. The molecule has 4 rings (SSSR count). The molecular weight excluding hydrogens is 448 g/mol. The lowest BCUT2D eigenvalue weighted by molar-refractivity contribution is -0.137. The molecule has 0 spiro atoms. The molecule has 0 aromatic heterocycles. The molecule has 6 heteroatoms. The maximum Gasteiger partial charge on any atom is 0.244 e. The highest BCUT2D eigenvalue weighted by Gasteiger charge is 2.33. The summed E-state index contributed by atoms with van der Waals surface area (Å²) in [6.45, 7) is 8.43. The van der Waals surface area contributed by atoms with Crippen molar-refractivity contribution in [3.05, 3.63) is 83.9 Å². The Hall–Kier alpha value is -3.82. The Bertz CT molecular complexity index is 1210. The van der Waals surface area contributed by atoms with Gasteiger partial charge in [-0.2, -0.15) is 5.26 Å². The third-order valence-corrected chi connectivity index (χ3v) is 6.98. The number of ether oxygens (including phenoxy) is 1. The number of amides is 1. The van der Waals surface area contributed by atoms with Crippen LogP contribution in [0, 0.1) is 11.3 Å². The molecule has 1 atom stereocenters. The number of piperazine rings is 1. The first-order valence-electron chi connectivity index (χ1n) is 12.6. The van der Waals surface area contributed by atoms with Gasteiger partial charge in [0.1, 0.15) is 17.9 Å². The number of hydrogen-bond donors (Lipinski definition) is 0. The van der Waals surface area contributed by atoms with Gasteiger partial charge in [-0.05, 0) is 43.2 Å². The highest BCUT2D eigenvalue weighted by atomic mass is 16.5. The molecule has 1 aliphatic rings. The number of anilines is 1. The minimum atomic E-state index is -0.295. The monoisotopic (exact) mass is 482 g/mol. The Morgan fingerprint density at radius 3 is 2.28 bits per heavy atom. The van der Waals surface area contributed by atoms with Crippen molar-refractivity contribution in [2.24, 2.45) is 0 Å². The standard InChI is InChI=1S/C30H34N4O2/c1-4-32(5-2)30(35)29(23-11-7-6-8-12-23)34-19-17-33(18-20-34)27-16-15-24(21-25(27)22-31)26-13-9-10-14-28(26)36-3/h6-16,21,29H,4-5,17-20H2,1-3H3. The predicted molar refractivity (Wildman–Crippen MR) is 144 cm³/mol. The number of carbonyl (C=O) groups is 1. The van der Waals surface area contributed by atoms with Crippen LogP contribution in [0.3, 0.4) is 0 Å². The van der Waals surface area contributed by atoms with Crippen LogP contribution in [0.25, 0.3) is 11.1 Å². The zero-order chi connectivity index (χ0) is 25.5. The van der Waals surface area contributed by atoms with Crippen molar-refractivity contribution in [3.63, 3.8) is 0 Å². The van der Waals surface area contributed by atoms with E-state index in [9.17, 15) is 10.1 Å². The first-order chi connectivity index (χ1) is 17.6. The van der Waals surface area contributed by atoms with Gasteiger partial charge in [-0.15, -0.1) is 0 Å². The molecule has 1 aliphatic heterocycles. The van der Waals surface area contributed by atoms with Crippen molar-refractivity contribution in [1.29, 1.82) is 5.26 Å². The summed E-state index contributed by atoms with van der Waals surface area (Å²) in [5.41, 5.74) is 4.53. The van der Waals surface area contributed by atoms with Crippen LogP contribution in [-0.4, -0.2) is 62.1 Å². The Labute approximate surface area is 214 Å². The molecule has 36 heavy (non-hydrogen) atoms. The summed E-state index contributed by atoms with van der Waals surface area (Å²) < 4.78 is 5.51. The topological polar surface area (TPSA) is 59.8 Å². The number of rotatable bonds is 8. The number of para-hydroxylation sites is 1. The van der Waals surface area contributed by atoms with Crippen LogP contribution in [-0.2, 0) is 4.79 Å². The van der Waals surface area contributed by atoms with E-state index in [1.807, 2.05) is 85.5 Å². The van der Waals surface area contributed by atoms with Gasteiger partial charge in [0.2, 0.25) is 5.91 Å². The van der Waals surface area contributed by atoms with Gasteiger partial charge in [-0.25, -0.2) is 0 Å². The van der Waals surface area contributed by atoms with E-state index in [1.165, 1.54) is 0 Å². The van der Waals surface area contributed by atoms with Crippen LogP contribution in [0.15, 0.2) is 72.8 Å². The van der Waals surface area contributed by atoms with E-state index in [-0.39, 0.29) is 11.9 Å². The second-order valence-corrected chi connectivity index (χ2v) is 8.89. The molecule has 6 nitrogen and oxygen atoms in total. The molecule has 0 saturated carbocycles. The zero-order valence-corrected chi connectivity index (χ0v) is 21.4. The molecular formula is C30H34N4O2. The van der Waals surface area contributed by atoms with Crippen LogP contribution in [0.4, 0.5) is 5.69 Å². The highest BCUT2D eigenvalue weighted by Crippen LogP contribution is 2.34. The normalized spacial score (nSPS) is 14.7. The average Bonchev–Trinajstić information content (AvgIpc) is 2.94. The van der Waals surface area contributed by atoms with Gasteiger partial charge in [-0.3, -0.25) is 9.69 Å². The quantitative estimate of drug-likeness (QED) is 0.454. The summed E-state index contributed by atoms with van der Waals surface area (Å²) >= 11 is 0. The summed E-state index contributed by atoms with van der Waals surface area (Å²) in [5, 5.41) is 9.96. The van der Waals surface area contributed by atoms with Crippen LogP contribution in [0.1, 0.15) is 31.0 Å². The fraction of sp³-hybridized carbons (Fsp3) is 0.333. The van der Waals surface area contributed by atoms with Crippen molar-refractivity contribution in [2.45, 2.75) is 19.9 Å². The highest BCUT2D eigenvalue weighted by molar-refractivity contribution is 5.83. The minimum Gasteiger partial charge on any atom is -0.496 e. The van der Waals surface area contributed by atoms with Crippen molar-refractivity contribution in [3.8, 4) is 22.9 Å². The van der Waals surface area contributed by atoms with E-state index in [0.29, 0.717) is 18.7 Å². The van der Waals surface area contributed by atoms with E-state index in [2.05, 4.69) is 21.9 Å². The second kappa shape index (κ2) is 11.7. The van der Waals surface area contributed by atoms with E-state index >= 15 is 0 Å². The van der Waals surface area contributed by atoms with Gasteiger partial charge in [0, 0.05) is 44.8 Å². The van der Waals surface area contributed by atoms with Gasteiger partial charge in [0.25, 0.3) is 0 Å². The molecule has 186 valence electrons. The number of hydrogen-bond acceptors (Lipinski definition) is 5. The lowest BCUT2D eigenvalue weighted by atomic mass is 10.00. The number of nitriles is 1. The first-order valence-corrected chi connectivity index (χ1v) is 12.6. The molecule has 0 radical (unpaired) electrons. The van der Waals surface area contributed by atoms with Crippen molar-refractivity contribution in [2.75, 3.05) is 51.3 Å². The molecule has 1 saturated heterocycles. The van der Waals surface area contributed by atoms with Gasteiger partial charge in [0.05, 0.1) is 18.4 Å². The van der Waals surface area contributed by atoms with Crippen molar-refractivity contribution < 1.29 is 9.53 Å². The molecule has 3 aromatic carbocycles. The Balaban J connectivity index is 1.55. The third kappa shape index (κ3) is 5.22. The molecule has 1 unspecified atom stereocenters. The number of methoxy groups -OCH3 is 1. The smallest absolute Gasteiger partial charge is 0.244 e. The van der Waals surface area contributed by atoms with Crippen molar-refractivity contribution in [1.82, 2.24) is 9.80 Å². The van der Waals surface area contributed by atoms with E-state index in [1.54, 1.807) is 7.11 Å². The molecule has 0 N–H and O–H groups in total. The SMILES string of the molecule is CCN(CC)C(=O)C(c1ccccc1)N1CCN(c2ccc(-c3ccccc3OC)cc2C#N)CC1. The molecule has 0 bridgehead atoms. The molecule has 1 fully saturated rings. The molecule has 1 heterocycles. The van der Waals surface area contributed by atoms with E-state index in [4.69, 9.17) is 4.74 Å². The Morgan fingerprint density at radius 1 is 0.972 bits per heavy atom. The summed E-state index contributed by atoms with van der Waals surface area (Å²) in [6, 6.07) is 26.0. The first kappa shape index (κ1) is 25.3. The number of benzene rings is 3. The van der Waals surface area contributed by atoms with Crippen LogP contribution in [0.2, 0.25) is 0 Å². The van der Waals surface area contributed by atoms with E-state index < -0.39 is 0 Å². The lowest BCUT2D eigenvalue weighted by Crippen LogP contribution is -2.51. The fourth-order valence-corrected chi connectivity index (χ4v) is 5.03. The Morgan fingerprint density at radius 2 is 1.64 bits per heavy atom. The summed E-state index contributed by atoms with van der Waals surface area (Å²) in [6.07, 6.45) is 0. The molecule has 1 amide bonds. The molecule has 0 aliphatic carbocycles. The zero-order valence-electron chi connectivity index (χ0n) is 21.4. The number of likely N-dealkylation sites (N-methyl/N-ethyl adjacent to an activating group) is 1. The fourth-order valence-electron chi connectivity index (χ4n) is 5.03. The van der Waals surface area contributed by atoms with Gasteiger partial charge >= 0.3 is 0 Å². The predicted octanol–water partition coefficient (Wildman–Crippen LogP) is 4.97. The summed E-state index contributed by atoms with van der Waals surface area (Å²) in [5.74, 6) is 0.936.